The molecule has 24 heavy (non-hydrogen) atoms. The van der Waals surface area contributed by atoms with E-state index in [0.29, 0.717) is 27.0 Å². The third-order valence-electron chi connectivity index (χ3n) is 3.21. The fourth-order valence-corrected chi connectivity index (χ4v) is 2.20. The summed E-state index contributed by atoms with van der Waals surface area (Å²) in [4.78, 5) is 23.3. The van der Waals surface area contributed by atoms with Crippen molar-refractivity contribution in [3.05, 3.63) is 57.6 Å². The van der Waals surface area contributed by atoms with Crippen molar-refractivity contribution >= 4 is 40.8 Å². The van der Waals surface area contributed by atoms with Crippen LogP contribution >= 0.6 is 23.2 Å². The first-order valence-corrected chi connectivity index (χ1v) is 7.73. The molecular weight excluding hydrogens is 353 g/mol. The van der Waals surface area contributed by atoms with Gasteiger partial charge >= 0.3 is 5.97 Å². The van der Waals surface area contributed by atoms with Crippen LogP contribution in [0.25, 0.3) is 0 Å². The van der Waals surface area contributed by atoms with E-state index in [2.05, 4.69) is 10.1 Å². The van der Waals surface area contributed by atoms with Crippen molar-refractivity contribution in [2.24, 2.45) is 0 Å². The first-order valence-electron chi connectivity index (χ1n) is 6.97. The van der Waals surface area contributed by atoms with Crippen LogP contribution in [0, 0.1) is 6.92 Å². The van der Waals surface area contributed by atoms with Crippen LogP contribution in [-0.4, -0.2) is 25.6 Å². The molecule has 0 fully saturated rings. The zero-order chi connectivity index (χ0) is 17.7. The van der Waals surface area contributed by atoms with Gasteiger partial charge in [0.25, 0.3) is 5.91 Å². The Morgan fingerprint density at radius 2 is 1.83 bits per heavy atom. The minimum absolute atomic E-state index is 0.176. The molecule has 0 bridgehead atoms. The van der Waals surface area contributed by atoms with Crippen LogP contribution in [0.5, 0.6) is 5.75 Å². The minimum atomic E-state index is -0.468. The van der Waals surface area contributed by atoms with Crippen molar-refractivity contribution in [3.63, 3.8) is 0 Å². The number of halogens is 2. The fourth-order valence-electron chi connectivity index (χ4n) is 1.90. The highest BCUT2D eigenvalue weighted by Crippen LogP contribution is 2.25. The molecule has 0 radical (unpaired) electrons. The molecule has 1 N–H and O–H groups in total. The summed E-state index contributed by atoms with van der Waals surface area (Å²) in [6, 6.07) is 9.72. The molecule has 0 atom stereocenters. The summed E-state index contributed by atoms with van der Waals surface area (Å²) in [6.45, 7) is 1.64. The zero-order valence-electron chi connectivity index (χ0n) is 13.1. The van der Waals surface area contributed by atoms with Gasteiger partial charge in [-0.15, -0.1) is 0 Å². The van der Waals surface area contributed by atoms with Crippen molar-refractivity contribution in [1.82, 2.24) is 0 Å². The van der Waals surface area contributed by atoms with Gasteiger partial charge in [0, 0.05) is 11.3 Å². The molecule has 2 aromatic carbocycles. The predicted octanol–water partition coefficient (Wildman–Crippen LogP) is 4.11. The maximum atomic E-state index is 12.3. The Morgan fingerprint density at radius 3 is 2.46 bits per heavy atom. The average Bonchev–Trinajstić information content (AvgIpc) is 2.57. The maximum absolute atomic E-state index is 12.3. The van der Waals surface area contributed by atoms with E-state index in [1.807, 2.05) is 6.92 Å². The molecule has 0 aromatic heterocycles. The summed E-state index contributed by atoms with van der Waals surface area (Å²) < 4.78 is 9.80. The lowest BCUT2D eigenvalue weighted by atomic mass is 10.1. The van der Waals surface area contributed by atoms with Gasteiger partial charge in [0.05, 0.1) is 17.2 Å². The summed E-state index contributed by atoms with van der Waals surface area (Å²) in [5.41, 5.74) is 1.80. The Hall–Kier alpha value is -2.24. The monoisotopic (exact) mass is 367 g/mol. The number of anilines is 1. The van der Waals surface area contributed by atoms with Gasteiger partial charge in [-0.2, -0.15) is 0 Å². The number of nitrogens with one attached hydrogen (secondary N) is 1. The van der Waals surface area contributed by atoms with Gasteiger partial charge in [-0.1, -0.05) is 23.2 Å². The molecule has 0 spiro atoms. The van der Waals surface area contributed by atoms with Gasteiger partial charge in [-0.05, 0) is 48.9 Å². The van der Waals surface area contributed by atoms with Crippen LogP contribution in [-0.2, 0) is 9.53 Å². The number of amides is 1. The minimum Gasteiger partial charge on any atom is -0.482 e. The Bertz CT molecular complexity index is 777. The largest absolute Gasteiger partial charge is 0.482 e. The smallest absolute Gasteiger partial charge is 0.343 e. The van der Waals surface area contributed by atoms with Crippen molar-refractivity contribution in [3.8, 4) is 5.75 Å². The van der Waals surface area contributed by atoms with E-state index in [9.17, 15) is 9.59 Å². The van der Waals surface area contributed by atoms with Crippen molar-refractivity contribution in [2.45, 2.75) is 6.92 Å². The molecule has 7 heteroatoms. The van der Waals surface area contributed by atoms with Crippen LogP contribution < -0.4 is 10.1 Å². The SMILES string of the molecule is COC(=O)COc1ccc(NC(=O)c2ccc(Cl)c(Cl)c2)c(C)c1. The number of ether oxygens (including phenoxy) is 2. The van der Waals surface area contributed by atoms with Crippen molar-refractivity contribution in [1.29, 1.82) is 0 Å². The molecule has 0 saturated carbocycles. The Morgan fingerprint density at radius 1 is 1.08 bits per heavy atom. The number of carbonyl (C=O) groups is 2. The zero-order valence-corrected chi connectivity index (χ0v) is 14.6. The Labute approximate surface area is 149 Å². The predicted molar refractivity (Wildman–Crippen MR) is 93.1 cm³/mol. The molecule has 0 aliphatic carbocycles. The third kappa shape index (κ3) is 4.63. The molecule has 0 saturated heterocycles. The van der Waals surface area contributed by atoms with Crippen LogP contribution in [0.3, 0.4) is 0 Å². The van der Waals surface area contributed by atoms with Gasteiger partial charge in [0.1, 0.15) is 5.75 Å². The van der Waals surface area contributed by atoms with E-state index < -0.39 is 5.97 Å². The van der Waals surface area contributed by atoms with Gasteiger partial charge in [-0.25, -0.2) is 4.79 Å². The van der Waals surface area contributed by atoms with Crippen molar-refractivity contribution < 1.29 is 19.1 Å². The third-order valence-corrected chi connectivity index (χ3v) is 3.95. The first kappa shape index (κ1) is 18.1. The Kier molecular flexibility index (Phi) is 6.06. The molecule has 5 nitrogen and oxygen atoms in total. The number of benzene rings is 2. The molecule has 2 aromatic rings. The number of methoxy groups -OCH3 is 1. The second kappa shape index (κ2) is 8.04. The highest BCUT2D eigenvalue weighted by Gasteiger charge is 2.11. The van der Waals surface area contributed by atoms with E-state index in [-0.39, 0.29) is 12.5 Å². The van der Waals surface area contributed by atoms with Crippen molar-refractivity contribution in [2.75, 3.05) is 19.0 Å². The quantitative estimate of drug-likeness (QED) is 0.807. The number of aryl methyl sites for hydroxylation is 1. The summed E-state index contributed by atoms with van der Waals surface area (Å²) >= 11 is 11.8. The summed E-state index contributed by atoms with van der Waals surface area (Å²) in [6.07, 6.45) is 0. The highest BCUT2D eigenvalue weighted by atomic mass is 35.5. The van der Waals surface area contributed by atoms with E-state index in [0.717, 1.165) is 5.56 Å². The summed E-state index contributed by atoms with van der Waals surface area (Å²) in [5, 5.41) is 3.49. The molecular formula is C17H15Cl2NO4. The lowest BCUT2D eigenvalue weighted by Gasteiger charge is -2.11. The second-order valence-corrected chi connectivity index (χ2v) is 5.74. The van der Waals surface area contributed by atoms with Crippen LogP contribution in [0.15, 0.2) is 36.4 Å². The van der Waals surface area contributed by atoms with Crippen LogP contribution in [0.2, 0.25) is 10.0 Å². The second-order valence-electron chi connectivity index (χ2n) is 4.92. The standard InChI is InChI=1S/C17H15Cl2NO4/c1-10-7-12(24-9-16(21)23-2)4-6-15(10)20-17(22)11-3-5-13(18)14(19)8-11/h3-8H,9H2,1-2H3,(H,20,22). The average molecular weight is 368 g/mol. The number of esters is 1. The molecule has 0 aliphatic heterocycles. The fraction of sp³-hybridized carbons (Fsp3) is 0.176. The molecule has 0 unspecified atom stereocenters. The van der Waals surface area contributed by atoms with E-state index >= 15 is 0 Å². The molecule has 2 rings (SSSR count). The van der Waals surface area contributed by atoms with Crippen LogP contribution in [0.1, 0.15) is 15.9 Å². The van der Waals surface area contributed by atoms with Crippen LogP contribution in [0.4, 0.5) is 5.69 Å². The van der Waals surface area contributed by atoms with E-state index in [1.54, 1.807) is 30.3 Å². The lowest BCUT2D eigenvalue weighted by molar-refractivity contribution is -0.142. The number of hydrogen-bond acceptors (Lipinski definition) is 4. The van der Waals surface area contributed by atoms with E-state index in [1.165, 1.54) is 13.2 Å². The molecule has 1 amide bonds. The van der Waals surface area contributed by atoms with Gasteiger partial charge < -0.3 is 14.8 Å². The maximum Gasteiger partial charge on any atom is 0.343 e. The number of hydrogen-bond donors (Lipinski definition) is 1. The molecule has 0 heterocycles. The van der Waals surface area contributed by atoms with Gasteiger partial charge in [-0.3, -0.25) is 4.79 Å². The molecule has 126 valence electrons. The normalized spacial score (nSPS) is 10.2. The molecule has 0 aliphatic rings. The summed E-state index contributed by atoms with van der Waals surface area (Å²) in [5.74, 6) is -0.269. The number of rotatable bonds is 5. The topological polar surface area (TPSA) is 64.6 Å². The summed E-state index contributed by atoms with van der Waals surface area (Å²) in [7, 11) is 1.29. The van der Waals surface area contributed by atoms with Gasteiger partial charge in [0.2, 0.25) is 0 Å². The van der Waals surface area contributed by atoms with Gasteiger partial charge in [0.15, 0.2) is 6.61 Å². The first-order chi connectivity index (χ1) is 11.4. The highest BCUT2D eigenvalue weighted by molar-refractivity contribution is 6.42. The number of carbonyl (C=O) groups excluding carboxylic acids is 2. The van der Waals surface area contributed by atoms with E-state index in [4.69, 9.17) is 27.9 Å². The Balaban J connectivity index is 2.08. The lowest BCUT2D eigenvalue weighted by Crippen LogP contribution is -2.14.